The molecule has 1 N–H and O–H groups in total. The van der Waals surface area contributed by atoms with E-state index in [4.69, 9.17) is 16.3 Å². The summed E-state index contributed by atoms with van der Waals surface area (Å²) in [5.41, 5.74) is 2.98. The highest BCUT2D eigenvalue weighted by Crippen LogP contribution is 2.25. The third-order valence-electron chi connectivity index (χ3n) is 5.38. The lowest BCUT2D eigenvalue weighted by atomic mass is 10.1. The predicted octanol–water partition coefficient (Wildman–Crippen LogP) is 4.92. The summed E-state index contributed by atoms with van der Waals surface area (Å²) in [6.45, 7) is 4.88. The number of aryl methyl sites for hydroxylation is 1. The Morgan fingerprint density at radius 1 is 1.13 bits per heavy atom. The highest BCUT2D eigenvalue weighted by Gasteiger charge is 2.21. The van der Waals surface area contributed by atoms with E-state index in [0.29, 0.717) is 23.9 Å². The van der Waals surface area contributed by atoms with Crippen molar-refractivity contribution in [3.63, 3.8) is 0 Å². The Labute approximate surface area is 195 Å². The molecule has 1 saturated heterocycles. The highest BCUT2D eigenvalue weighted by atomic mass is 79.9. The molecule has 1 aliphatic heterocycles. The van der Waals surface area contributed by atoms with Crippen molar-refractivity contribution in [1.29, 1.82) is 0 Å². The van der Waals surface area contributed by atoms with Gasteiger partial charge in [0.1, 0.15) is 5.75 Å². The fourth-order valence-corrected chi connectivity index (χ4v) is 4.14. The van der Waals surface area contributed by atoms with Gasteiger partial charge in [-0.05, 0) is 54.8 Å². The van der Waals surface area contributed by atoms with Gasteiger partial charge < -0.3 is 14.5 Å². The van der Waals surface area contributed by atoms with E-state index in [9.17, 15) is 4.79 Å². The normalized spacial score (nSPS) is 14.4. The molecule has 0 aliphatic carbocycles. The monoisotopic (exact) mass is 502 g/mol. The van der Waals surface area contributed by atoms with Gasteiger partial charge in [-0.1, -0.05) is 39.7 Å². The summed E-state index contributed by atoms with van der Waals surface area (Å²) in [5, 5.41) is 8.28. The van der Waals surface area contributed by atoms with Crippen molar-refractivity contribution in [1.82, 2.24) is 15.1 Å². The van der Waals surface area contributed by atoms with Crippen molar-refractivity contribution in [2.75, 3.05) is 37.7 Å². The van der Waals surface area contributed by atoms with Gasteiger partial charge in [-0.3, -0.25) is 9.89 Å². The number of carbonyl (C=O) groups is 1. The molecule has 6 nitrogen and oxygen atoms in total. The van der Waals surface area contributed by atoms with Crippen molar-refractivity contribution in [3.05, 3.63) is 63.6 Å². The molecule has 1 aromatic heterocycles. The van der Waals surface area contributed by atoms with E-state index in [1.807, 2.05) is 42.2 Å². The van der Waals surface area contributed by atoms with E-state index in [0.717, 1.165) is 46.6 Å². The number of carbonyl (C=O) groups excluding carboxylic acids is 1. The molecule has 0 saturated carbocycles. The zero-order chi connectivity index (χ0) is 21.8. The number of nitrogens with zero attached hydrogens (tertiary/aromatic N) is 3. The summed E-state index contributed by atoms with van der Waals surface area (Å²) >= 11 is 9.44. The Hall–Kier alpha value is -2.51. The van der Waals surface area contributed by atoms with E-state index in [-0.39, 0.29) is 12.5 Å². The first-order chi connectivity index (χ1) is 15.0. The first-order valence-corrected chi connectivity index (χ1v) is 11.4. The van der Waals surface area contributed by atoms with Crippen LogP contribution in [0, 0.1) is 6.92 Å². The molecule has 2 heterocycles. The number of halogens is 2. The second kappa shape index (κ2) is 9.75. The van der Waals surface area contributed by atoms with Crippen molar-refractivity contribution in [3.8, 4) is 17.0 Å². The molecule has 2 aromatic carbocycles. The van der Waals surface area contributed by atoms with Gasteiger partial charge in [-0.2, -0.15) is 5.10 Å². The first-order valence-electron chi connectivity index (χ1n) is 10.2. The molecule has 1 fully saturated rings. The Balaban J connectivity index is 1.34. The summed E-state index contributed by atoms with van der Waals surface area (Å²) in [5.74, 6) is 1.58. The SMILES string of the molecule is Cc1cc(Cl)ccc1OCC(=O)N1CCCN(c2cc(-c3ccc(Br)cc3)[nH]n2)CC1. The Bertz CT molecular complexity index is 1050. The molecular formula is C23H24BrClN4O2. The van der Waals surface area contributed by atoms with Crippen LogP contribution in [0.1, 0.15) is 12.0 Å². The van der Waals surface area contributed by atoms with Gasteiger partial charge in [0, 0.05) is 41.7 Å². The number of benzene rings is 2. The smallest absolute Gasteiger partial charge is 0.260 e. The van der Waals surface area contributed by atoms with Crippen LogP contribution in [0.2, 0.25) is 5.02 Å². The van der Waals surface area contributed by atoms with Crippen LogP contribution in [0.25, 0.3) is 11.3 Å². The lowest BCUT2D eigenvalue weighted by Crippen LogP contribution is -2.38. The number of amides is 1. The Morgan fingerprint density at radius 2 is 1.94 bits per heavy atom. The number of aromatic nitrogens is 2. The number of H-pyrrole nitrogens is 1. The van der Waals surface area contributed by atoms with Crippen molar-refractivity contribution in [2.45, 2.75) is 13.3 Å². The van der Waals surface area contributed by atoms with Crippen molar-refractivity contribution < 1.29 is 9.53 Å². The molecule has 1 amide bonds. The molecule has 3 aromatic rings. The summed E-state index contributed by atoms with van der Waals surface area (Å²) in [6.07, 6.45) is 0.881. The number of rotatable bonds is 5. The topological polar surface area (TPSA) is 61.5 Å². The average Bonchev–Trinajstić information content (AvgIpc) is 3.11. The first kappa shape index (κ1) is 21.7. The number of aromatic amines is 1. The zero-order valence-electron chi connectivity index (χ0n) is 17.3. The van der Waals surface area contributed by atoms with Gasteiger partial charge in [-0.15, -0.1) is 0 Å². The summed E-state index contributed by atoms with van der Waals surface area (Å²) in [4.78, 5) is 16.8. The number of anilines is 1. The quantitative estimate of drug-likeness (QED) is 0.537. The maximum Gasteiger partial charge on any atom is 0.260 e. The lowest BCUT2D eigenvalue weighted by molar-refractivity contribution is -0.133. The van der Waals surface area contributed by atoms with E-state index >= 15 is 0 Å². The highest BCUT2D eigenvalue weighted by molar-refractivity contribution is 9.10. The molecule has 4 rings (SSSR count). The van der Waals surface area contributed by atoms with E-state index < -0.39 is 0 Å². The zero-order valence-corrected chi connectivity index (χ0v) is 19.6. The Kier molecular flexibility index (Phi) is 6.83. The molecule has 0 unspecified atom stereocenters. The summed E-state index contributed by atoms with van der Waals surface area (Å²) < 4.78 is 6.78. The van der Waals surface area contributed by atoms with Crippen LogP contribution in [-0.2, 0) is 4.79 Å². The van der Waals surface area contributed by atoms with Crippen LogP contribution in [0.3, 0.4) is 0 Å². The minimum Gasteiger partial charge on any atom is -0.483 e. The number of hydrogen-bond donors (Lipinski definition) is 1. The van der Waals surface area contributed by atoms with E-state index in [1.165, 1.54) is 0 Å². The van der Waals surface area contributed by atoms with E-state index in [1.54, 1.807) is 12.1 Å². The van der Waals surface area contributed by atoms with Gasteiger partial charge >= 0.3 is 0 Å². The molecular weight excluding hydrogens is 480 g/mol. The molecule has 31 heavy (non-hydrogen) atoms. The van der Waals surface area contributed by atoms with Crippen LogP contribution >= 0.6 is 27.5 Å². The fourth-order valence-electron chi connectivity index (χ4n) is 3.65. The third-order valence-corrected chi connectivity index (χ3v) is 6.14. The average molecular weight is 504 g/mol. The molecule has 162 valence electrons. The molecule has 8 heteroatoms. The van der Waals surface area contributed by atoms with Crippen LogP contribution in [-0.4, -0.2) is 53.8 Å². The lowest BCUT2D eigenvalue weighted by Gasteiger charge is -2.22. The Morgan fingerprint density at radius 3 is 2.71 bits per heavy atom. The van der Waals surface area contributed by atoms with Gasteiger partial charge in [0.05, 0.1) is 5.69 Å². The van der Waals surface area contributed by atoms with Crippen LogP contribution in [0.5, 0.6) is 5.75 Å². The maximum atomic E-state index is 12.7. The second-order valence-corrected chi connectivity index (χ2v) is 8.92. The standard InChI is InChI=1S/C23H24BrClN4O2/c1-16-13-19(25)7-8-21(16)31-15-23(30)29-10-2-9-28(11-12-29)22-14-20(26-27-22)17-3-5-18(24)6-4-17/h3-8,13-14H,2,9-12,15H2,1H3,(H,26,27). The van der Waals surface area contributed by atoms with Crippen molar-refractivity contribution >= 4 is 39.3 Å². The van der Waals surface area contributed by atoms with Crippen LogP contribution < -0.4 is 9.64 Å². The number of hydrogen-bond acceptors (Lipinski definition) is 4. The number of ether oxygens (including phenoxy) is 1. The molecule has 0 radical (unpaired) electrons. The van der Waals surface area contributed by atoms with Crippen LogP contribution in [0.4, 0.5) is 5.82 Å². The van der Waals surface area contributed by atoms with Gasteiger partial charge in [0.25, 0.3) is 5.91 Å². The van der Waals surface area contributed by atoms with Gasteiger partial charge in [-0.25, -0.2) is 0 Å². The molecule has 0 spiro atoms. The van der Waals surface area contributed by atoms with E-state index in [2.05, 4.69) is 37.1 Å². The van der Waals surface area contributed by atoms with Gasteiger partial charge in [0.15, 0.2) is 12.4 Å². The largest absolute Gasteiger partial charge is 0.483 e. The molecule has 0 atom stereocenters. The summed E-state index contributed by atoms with van der Waals surface area (Å²) in [6, 6.07) is 15.6. The van der Waals surface area contributed by atoms with Gasteiger partial charge in [0.2, 0.25) is 0 Å². The fraction of sp³-hybridized carbons (Fsp3) is 0.304. The summed E-state index contributed by atoms with van der Waals surface area (Å²) in [7, 11) is 0. The third kappa shape index (κ3) is 5.40. The molecule has 0 bridgehead atoms. The minimum absolute atomic E-state index is 0.00576. The van der Waals surface area contributed by atoms with Crippen LogP contribution in [0.15, 0.2) is 53.0 Å². The molecule has 1 aliphatic rings. The minimum atomic E-state index is -0.00576. The second-order valence-electron chi connectivity index (χ2n) is 7.57. The predicted molar refractivity (Wildman–Crippen MR) is 127 cm³/mol. The maximum absolute atomic E-state index is 12.7. The number of nitrogens with one attached hydrogen (secondary N) is 1. The van der Waals surface area contributed by atoms with Crippen molar-refractivity contribution in [2.24, 2.45) is 0 Å².